The van der Waals surface area contributed by atoms with E-state index in [-0.39, 0.29) is 0 Å². The Bertz CT molecular complexity index is 851. The first-order valence-electron chi connectivity index (χ1n) is 11.8. The average Bonchev–Trinajstić information content (AvgIpc) is 3.33. The Morgan fingerprint density at radius 3 is 2.37 bits per heavy atom. The summed E-state index contributed by atoms with van der Waals surface area (Å²) in [6.07, 6.45) is 9.68. The zero-order valence-corrected chi connectivity index (χ0v) is 18.9. The Morgan fingerprint density at radius 1 is 1.00 bits per heavy atom. The molecule has 0 atom stereocenters. The number of rotatable bonds is 6. The second kappa shape index (κ2) is 9.34. The fourth-order valence-corrected chi connectivity index (χ4v) is 5.48. The number of aryl methyl sites for hydroxylation is 1. The Kier molecular flexibility index (Phi) is 6.57. The minimum atomic E-state index is 0.376. The van der Waals surface area contributed by atoms with E-state index < -0.39 is 0 Å². The van der Waals surface area contributed by atoms with E-state index in [9.17, 15) is 0 Å². The largest absolute Gasteiger partial charge is 0.368 e. The zero-order chi connectivity index (χ0) is 21.1. The predicted molar refractivity (Wildman–Crippen MR) is 126 cm³/mol. The molecule has 1 aliphatic carbocycles. The van der Waals surface area contributed by atoms with Gasteiger partial charge in [0.2, 0.25) is 5.95 Å². The van der Waals surface area contributed by atoms with Crippen LogP contribution in [0.1, 0.15) is 63.5 Å². The van der Waals surface area contributed by atoms with Crippen LogP contribution in [0.2, 0.25) is 0 Å². The van der Waals surface area contributed by atoms with Crippen molar-refractivity contribution in [3.63, 3.8) is 0 Å². The van der Waals surface area contributed by atoms with Crippen molar-refractivity contribution < 1.29 is 0 Å². The van der Waals surface area contributed by atoms with E-state index in [2.05, 4.69) is 55.0 Å². The van der Waals surface area contributed by atoms with Gasteiger partial charge in [-0.3, -0.25) is 0 Å². The van der Waals surface area contributed by atoms with Crippen LogP contribution in [0.4, 0.5) is 11.8 Å². The summed E-state index contributed by atoms with van der Waals surface area (Å²) in [6.45, 7) is 7.00. The molecule has 0 bridgehead atoms. The maximum atomic E-state index is 6.23. The summed E-state index contributed by atoms with van der Waals surface area (Å²) in [5.74, 6) is 1.40. The topological polar surface area (TPSA) is 58.3 Å². The van der Waals surface area contributed by atoms with E-state index in [1.807, 2.05) is 0 Å². The molecule has 2 aliphatic rings. The van der Waals surface area contributed by atoms with E-state index in [0.717, 1.165) is 30.4 Å². The predicted octanol–water partition coefficient (Wildman–Crippen LogP) is 4.69. The molecule has 2 aromatic rings. The quantitative estimate of drug-likeness (QED) is 0.752. The Labute approximate surface area is 181 Å². The van der Waals surface area contributed by atoms with Gasteiger partial charge in [-0.05, 0) is 70.0 Å². The molecule has 1 aromatic heterocycles. The lowest BCUT2D eigenvalue weighted by atomic mass is 9.89. The van der Waals surface area contributed by atoms with Gasteiger partial charge in [0, 0.05) is 30.3 Å². The number of aromatic nitrogens is 2. The molecule has 162 valence electrons. The van der Waals surface area contributed by atoms with Gasteiger partial charge in [-0.1, -0.05) is 38.1 Å². The van der Waals surface area contributed by atoms with Crippen LogP contribution >= 0.6 is 0 Å². The summed E-state index contributed by atoms with van der Waals surface area (Å²) >= 11 is 0. The van der Waals surface area contributed by atoms with E-state index in [0.29, 0.717) is 12.0 Å². The molecule has 4 rings (SSSR count). The second-order valence-corrected chi connectivity index (χ2v) is 8.91. The van der Waals surface area contributed by atoms with Gasteiger partial charge in [0.05, 0.1) is 5.69 Å². The molecule has 2 fully saturated rings. The number of nitrogens with zero attached hydrogens (tertiary/aromatic N) is 4. The van der Waals surface area contributed by atoms with Crippen molar-refractivity contribution in [3.8, 4) is 11.3 Å². The summed E-state index contributed by atoms with van der Waals surface area (Å²) in [6, 6.07) is 9.86. The highest BCUT2D eigenvalue weighted by atomic mass is 15.2. The molecule has 1 aliphatic heterocycles. The number of nitrogen functional groups attached to an aromatic ring is 1. The number of benzene rings is 1. The Morgan fingerprint density at radius 2 is 1.70 bits per heavy atom. The lowest BCUT2D eigenvalue weighted by Crippen LogP contribution is -2.42. The van der Waals surface area contributed by atoms with Gasteiger partial charge in [0.1, 0.15) is 5.82 Å². The minimum absolute atomic E-state index is 0.376. The van der Waals surface area contributed by atoms with Crippen molar-refractivity contribution in [1.29, 1.82) is 0 Å². The minimum Gasteiger partial charge on any atom is -0.368 e. The maximum absolute atomic E-state index is 6.23. The molecule has 1 saturated carbocycles. The Balaban J connectivity index is 1.60. The van der Waals surface area contributed by atoms with Crippen LogP contribution in [-0.4, -0.2) is 47.1 Å². The van der Waals surface area contributed by atoms with Gasteiger partial charge in [-0.25, -0.2) is 4.98 Å². The molecule has 2 heterocycles. The molecule has 1 saturated heterocycles. The molecule has 5 heteroatoms. The average molecular weight is 408 g/mol. The van der Waals surface area contributed by atoms with Crippen LogP contribution in [-0.2, 0) is 12.8 Å². The fraction of sp³-hybridized carbons (Fsp3) is 0.600. The molecule has 30 heavy (non-hydrogen) atoms. The fourth-order valence-electron chi connectivity index (χ4n) is 5.48. The smallest absolute Gasteiger partial charge is 0.222 e. The van der Waals surface area contributed by atoms with Crippen molar-refractivity contribution in [2.45, 2.75) is 77.3 Å². The van der Waals surface area contributed by atoms with Crippen LogP contribution in [0.15, 0.2) is 24.3 Å². The van der Waals surface area contributed by atoms with Gasteiger partial charge in [0.15, 0.2) is 0 Å². The molecule has 0 spiro atoms. The number of nitrogens with two attached hydrogens (primary N) is 1. The molecule has 0 amide bonds. The van der Waals surface area contributed by atoms with E-state index >= 15 is 0 Å². The Hall–Kier alpha value is -2.14. The zero-order valence-electron chi connectivity index (χ0n) is 18.9. The van der Waals surface area contributed by atoms with Gasteiger partial charge >= 0.3 is 0 Å². The SMILES string of the molecule is CCc1ccccc1-c1nc(N)nc(N(C)[C@H]2CC[C@@H](N3CCCC3)CC2)c1CC. The van der Waals surface area contributed by atoms with Crippen LogP contribution in [0, 0.1) is 0 Å². The van der Waals surface area contributed by atoms with Gasteiger partial charge in [-0.15, -0.1) is 0 Å². The van der Waals surface area contributed by atoms with Crippen molar-refractivity contribution >= 4 is 11.8 Å². The van der Waals surface area contributed by atoms with Gasteiger partial charge in [0.25, 0.3) is 0 Å². The monoisotopic (exact) mass is 407 g/mol. The van der Waals surface area contributed by atoms with Crippen LogP contribution < -0.4 is 10.6 Å². The molecule has 0 unspecified atom stereocenters. The third kappa shape index (κ3) is 4.18. The molecular formula is C25H37N5. The van der Waals surface area contributed by atoms with Crippen molar-refractivity contribution in [3.05, 3.63) is 35.4 Å². The molecular weight excluding hydrogens is 370 g/mol. The first kappa shape index (κ1) is 21.1. The highest BCUT2D eigenvalue weighted by Gasteiger charge is 2.30. The second-order valence-electron chi connectivity index (χ2n) is 8.91. The van der Waals surface area contributed by atoms with Gasteiger partial charge < -0.3 is 15.5 Å². The standard InChI is InChI=1S/C25H37N5/c1-4-18-10-6-7-11-22(18)23-21(5-2)24(28-25(26)27-23)29(3)19-12-14-20(15-13-19)30-16-8-9-17-30/h6-7,10-11,19-20H,4-5,8-9,12-17H2,1-3H3,(H2,26,27,28)/t19-,20+. The molecule has 2 N–H and O–H groups in total. The number of anilines is 2. The number of likely N-dealkylation sites (tertiary alicyclic amines) is 1. The maximum Gasteiger partial charge on any atom is 0.222 e. The summed E-state index contributed by atoms with van der Waals surface area (Å²) in [4.78, 5) is 14.6. The summed E-state index contributed by atoms with van der Waals surface area (Å²) in [7, 11) is 2.21. The van der Waals surface area contributed by atoms with Crippen molar-refractivity contribution in [1.82, 2.24) is 14.9 Å². The van der Waals surface area contributed by atoms with E-state index in [4.69, 9.17) is 15.7 Å². The highest BCUT2D eigenvalue weighted by molar-refractivity contribution is 5.73. The summed E-state index contributed by atoms with van der Waals surface area (Å²) in [5, 5.41) is 0. The van der Waals surface area contributed by atoms with Crippen molar-refractivity contribution in [2.75, 3.05) is 30.8 Å². The van der Waals surface area contributed by atoms with E-state index in [1.54, 1.807) is 0 Å². The first-order chi connectivity index (χ1) is 14.6. The first-order valence-corrected chi connectivity index (χ1v) is 11.8. The third-order valence-corrected chi connectivity index (χ3v) is 7.21. The summed E-state index contributed by atoms with van der Waals surface area (Å²) in [5.41, 5.74) is 11.0. The normalized spacial score (nSPS) is 22.4. The molecule has 0 radical (unpaired) electrons. The molecule has 1 aromatic carbocycles. The van der Waals surface area contributed by atoms with Gasteiger partial charge in [-0.2, -0.15) is 4.98 Å². The van der Waals surface area contributed by atoms with Crippen LogP contribution in [0.5, 0.6) is 0 Å². The lowest BCUT2D eigenvalue weighted by molar-refractivity contribution is 0.181. The number of hydrogen-bond acceptors (Lipinski definition) is 5. The number of hydrogen-bond donors (Lipinski definition) is 1. The van der Waals surface area contributed by atoms with Crippen LogP contribution in [0.25, 0.3) is 11.3 Å². The lowest BCUT2D eigenvalue weighted by Gasteiger charge is -2.39. The van der Waals surface area contributed by atoms with Crippen LogP contribution in [0.3, 0.4) is 0 Å². The third-order valence-electron chi connectivity index (χ3n) is 7.21. The van der Waals surface area contributed by atoms with E-state index in [1.165, 1.54) is 68.3 Å². The molecule has 5 nitrogen and oxygen atoms in total. The summed E-state index contributed by atoms with van der Waals surface area (Å²) < 4.78 is 0. The highest BCUT2D eigenvalue weighted by Crippen LogP contribution is 2.35. The van der Waals surface area contributed by atoms with Crippen molar-refractivity contribution in [2.24, 2.45) is 0 Å².